The molecule has 0 fully saturated rings. The fourth-order valence-electron chi connectivity index (χ4n) is 0.810. The summed E-state index contributed by atoms with van der Waals surface area (Å²) in [4.78, 5) is 12.7. The third-order valence-electron chi connectivity index (χ3n) is 1.70. The molecule has 1 aliphatic heterocycles. The van der Waals surface area contributed by atoms with Crippen molar-refractivity contribution in [3.63, 3.8) is 0 Å². The number of likely N-dealkylation sites (N-methyl/N-ethyl adjacent to an activating group) is 1. The van der Waals surface area contributed by atoms with Gasteiger partial charge >= 0.3 is 0 Å². The number of nitrogens with zero attached hydrogens (tertiary/aromatic N) is 1. The highest BCUT2D eigenvalue weighted by atomic mass is 16.2. The summed E-state index contributed by atoms with van der Waals surface area (Å²) in [6, 6.07) is 0.211. The Balaban J connectivity index is 2.79. The van der Waals surface area contributed by atoms with Crippen molar-refractivity contribution >= 4 is 5.91 Å². The van der Waals surface area contributed by atoms with Crippen LogP contribution in [0.1, 0.15) is 6.92 Å². The summed E-state index contributed by atoms with van der Waals surface area (Å²) in [5.41, 5.74) is 0. The summed E-state index contributed by atoms with van der Waals surface area (Å²) in [5, 5.41) is 0. The van der Waals surface area contributed by atoms with E-state index in [0.29, 0.717) is 0 Å². The third kappa shape index (κ3) is 1.26. The van der Waals surface area contributed by atoms with Gasteiger partial charge in [-0.25, -0.2) is 0 Å². The molecule has 2 nitrogen and oxygen atoms in total. The maximum Gasteiger partial charge on any atom is 0.246 e. The van der Waals surface area contributed by atoms with Crippen molar-refractivity contribution < 1.29 is 4.79 Å². The smallest absolute Gasteiger partial charge is 0.246 e. The molecule has 0 aromatic heterocycles. The molecule has 0 aromatic carbocycles. The summed E-state index contributed by atoms with van der Waals surface area (Å²) in [6.45, 7) is 1.99. The van der Waals surface area contributed by atoms with Gasteiger partial charge in [0, 0.05) is 19.2 Å². The Hall–Kier alpha value is -1.05. The number of amides is 1. The van der Waals surface area contributed by atoms with Crippen molar-refractivity contribution in [1.82, 2.24) is 4.90 Å². The van der Waals surface area contributed by atoms with Crippen LogP contribution in [0.3, 0.4) is 0 Å². The van der Waals surface area contributed by atoms with Crippen LogP contribution in [-0.4, -0.2) is 23.9 Å². The van der Waals surface area contributed by atoms with Gasteiger partial charge in [0.15, 0.2) is 0 Å². The first-order valence-corrected chi connectivity index (χ1v) is 3.33. The van der Waals surface area contributed by atoms with Gasteiger partial charge in [0.1, 0.15) is 0 Å². The topological polar surface area (TPSA) is 20.3 Å². The highest BCUT2D eigenvalue weighted by molar-refractivity contribution is 5.88. The second-order valence-corrected chi connectivity index (χ2v) is 2.43. The lowest BCUT2D eigenvalue weighted by atomic mass is 10.3. The number of carbonyl (C=O) groups is 1. The first-order valence-electron chi connectivity index (χ1n) is 3.33. The Labute approximate surface area is 60.8 Å². The SMILES string of the molecule is CC1C=CC=CC(=O)N1C. The fourth-order valence-corrected chi connectivity index (χ4v) is 0.810. The average molecular weight is 137 g/mol. The van der Waals surface area contributed by atoms with Crippen LogP contribution in [0.15, 0.2) is 24.3 Å². The van der Waals surface area contributed by atoms with Crippen molar-refractivity contribution in [2.75, 3.05) is 7.05 Å². The molecule has 1 heterocycles. The van der Waals surface area contributed by atoms with Gasteiger partial charge in [-0.05, 0) is 6.92 Å². The van der Waals surface area contributed by atoms with Gasteiger partial charge in [-0.3, -0.25) is 4.79 Å². The van der Waals surface area contributed by atoms with Crippen LogP contribution in [0.4, 0.5) is 0 Å². The molecule has 0 bridgehead atoms. The quantitative estimate of drug-likeness (QED) is 0.487. The third-order valence-corrected chi connectivity index (χ3v) is 1.70. The van der Waals surface area contributed by atoms with Crippen LogP contribution in [0, 0.1) is 0 Å². The van der Waals surface area contributed by atoms with Crippen LogP contribution in [-0.2, 0) is 4.79 Å². The van der Waals surface area contributed by atoms with Crippen LogP contribution in [0.5, 0.6) is 0 Å². The maximum absolute atomic E-state index is 11.0. The second-order valence-electron chi connectivity index (χ2n) is 2.43. The van der Waals surface area contributed by atoms with E-state index in [-0.39, 0.29) is 11.9 Å². The Morgan fingerprint density at radius 3 is 2.90 bits per heavy atom. The predicted molar refractivity (Wildman–Crippen MR) is 40.5 cm³/mol. The monoisotopic (exact) mass is 137 g/mol. The number of hydrogen-bond acceptors (Lipinski definition) is 1. The lowest BCUT2D eigenvalue weighted by Gasteiger charge is -2.18. The van der Waals surface area contributed by atoms with Crippen LogP contribution in [0.2, 0.25) is 0 Å². The minimum atomic E-state index is 0.0671. The molecule has 1 unspecified atom stereocenters. The summed E-state index contributed by atoms with van der Waals surface area (Å²) in [6.07, 6.45) is 7.22. The minimum Gasteiger partial charge on any atom is -0.336 e. The average Bonchev–Trinajstić information content (AvgIpc) is 2.04. The fraction of sp³-hybridized carbons (Fsp3) is 0.375. The molecule has 2 heteroatoms. The summed E-state index contributed by atoms with van der Waals surface area (Å²) in [7, 11) is 1.80. The van der Waals surface area contributed by atoms with E-state index in [1.54, 1.807) is 24.1 Å². The van der Waals surface area contributed by atoms with Crippen LogP contribution >= 0.6 is 0 Å². The highest BCUT2D eigenvalue weighted by Gasteiger charge is 2.10. The van der Waals surface area contributed by atoms with E-state index in [2.05, 4.69) is 0 Å². The largest absolute Gasteiger partial charge is 0.336 e. The van der Waals surface area contributed by atoms with E-state index in [0.717, 1.165) is 0 Å². The maximum atomic E-state index is 11.0. The molecule has 0 radical (unpaired) electrons. The van der Waals surface area contributed by atoms with Gasteiger partial charge in [0.05, 0.1) is 0 Å². The van der Waals surface area contributed by atoms with Gasteiger partial charge < -0.3 is 4.90 Å². The number of carbonyl (C=O) groups excluding carboxylic acids is 1. The van der Waals surface area contributed by atoms with Crippen molar-refractivity contribution in [2.45, 2.75) is 13.0 Å². The Kier molecular flexibility index (Phi) is 1.90. The van der Waals surface area contributed by atoms with E-state index >= 15 is 0 Å². The summed E-state index contributed by atoms with van der Waals surface area (Å²) >= 11 is 0. The molecule has 0 aliphatic carbocycles. The molecule has 10 heavy (non-hydrogen) atoms. The number of hydrogen-bond donors (Lipinski definition) is 0. The van der Waals surface area contributed by atoms with Crippen molar-refractivity contribution in [1.29, 1.82) is 0 Å². The summed E-state index contributed by atoms with van der Waals surface area (Å²) in [5.74, 6) is 0.0671. The molecule has 1 rings (SSSR count). The van der Waals surface area contributed by atoms with E-state index in [4.69, 9.17) is 0 Å². The van der Waals surface area contributed by atoms with Crippen molar-refractivity contribution in [3.05, 3.63) is 24.3 Å². The van der Waals surface area contributed by atoms with Gasteiger partial charge in [-0.1, -0.05) is 18.2 Å². The first kappa shape index (κ1) is 7.06. The Bertz CT molecular complexity index is 193. The molecular weight excluding hydrogens is 126 g/mol. The number of allylic oxidation sites excluding steroid dienone is 2. The predicted octanol–water partition coefficient (Wildman–Crippen LogP) is 0.959. The molecule has 1 atom stereocenters. The molecule has 0 N–H and O–H groups in total. The zero-order valence-corrected chi connectivity index (χ0v) is 6.24. The molecule has 0 saturated carbocycles. The molecule has 0 aromatic rings. The van der Waals surface area contributed by atoms with Gasteiger partial charge in [-0.2, -0.15) is 0 Å². The van der Waals surface area contributed by atoms with Crippen molar-refractivity contribution in [3.8, 4) is 0 Å². The van der Waals surface area contributed by atoms with E-state index < -0.39 is 0 Å². The number of rotatable bonds is 0. The molecule has 1 amide bonds. The lowest BCUT2D eigenvalue weighted by Crippen LogP contribution is -2.31. The highest BCUT2D eigenvalue weighted by Crippen LogP contribution is 2.02. The lowest BCUT2D eigenvalue weighted by molar-refractivity contribution is -0.125. The summed E-state index contributed by atoms with van der Waals surface area (Å²) < 4.78 is 0. The minimum absolute atomic E-state index is 0.0671. The van der Waals surface area contributed by atoms with Gasteiger partial charge in [0.2, 0.25) is 5.91 Å². The van der Waals surface area contributed by atoms with Crippen molar-refractivity contribution in [2.24, 2.45) is 0 Å². The Morgan fingerprint density at radius 1 is 1.50 bits per heavy atom. The zero-order valence-electron chi connectivity index (χ0n) is 6.24. The normalized spacial score (nSPS) is 25.2. The molecule has 1 aliphatic rings. The van der Waals surface area contributed by atoms with Gasteiger partial charge in [0.25, 0.3) is 0 Å². The Morgan fingerprint density at radius 2 is 2.20 bits per heavy atom. The molecule has 0 spiro atoms. The van der Waals surface area contributed by atoms with E-state index in [1.807, 2.05) is 19.1 Å². The van der Waals surface area contributed by atoms with E-state index in [9.17, 15) is 4.79 Å². The second kappa shape index (κ2) is 2.69. The van der Waals surface area contributed by atoms with E-state index in [1.165, 1.54) is 0 Å². The zero-order chi connectivity index (χ0) is 7.56. The van der Waals surface area contributed by atoms with Crippen LogP contribution < -0.4 is 0 Å². The molecule has 0 saturated heterocycles. The molecule has 54 valence electrons. The van der Waals surface area contributed by atoms with Gasteiger partial charge in [-0.15, -0.1) is 0 Å². The molecular formula is C8H11NO. The first-order chi connectivity index (χ1) is 4.72. The van der Waals surface area contributed by atoms with Crippen LogP contribution in [0.25, 0.3) is 0 Å². The standard InChI is InChI=1S/C8H11NO/c1-7-5-3-4-6-8(10)9(7)2/h3-7H,1-2H3.